The van der Waals surface area contributed by atoms with Crippen molar-refractivity contribution in [3.05, 3.63) is 0 Å². The summed E-state index contributed by atoms with van der Waals surface area (Å²) < 4.78 is 22.8. The molecule has 0 unspecified atom stereocenters. The molecule has 16 heavy (non-hydrogen) atoms. The minimum atomic E-state index is -3.59. The summed E-state index contributed by atoms with van der Waals surface area (Å²) >= 11 is 0. The minimum absolute atomic E-state index is 0.414. The molecule has 1 fully saturated rings. The first-order valence-corrected chi connectivity index (χ1v) is 6.93. The highest BCUT2D eigenvalue weighted by Gasteiger charge is 2.24. The first-order chi connectivity index (χ1) is 7.41. The molecule has 0 aliphatic carbocycles. The highest BCUT2D eigenvalue weighted by molar-refractivity contribution is 7.92. The van der Waals surface area contributed by atoms with E-state index in [9.17, 15) is 18.0 Å². The van der Waals surface area contributed by atoms with Crippen molar-refractivity contribution < 1.29 is 23.1 Å². The predicted molar refractivity (Wildman–Crippen MR) is 56.7 cm³/mol. The van der Waals surface area contributed by atoms with Gasteiger partial charge in [-0.05, 0) is 12.8 Å². The number of rotatable bonds is 5. The van der Waals surface area contributed by atoms with Crippen LogP contribution >= 0.6 is 0 Å². The van der Waals surface area contributed by atoms with Crippen LogP contribution in [0.1, 0.15) is 19.3 Å². The fourth-order valence-electron chi connectivity index (χ4n) is 1.56. The third kappa shape index (κ3) is 4.18. The van der Waals surface area contributed by atoms with Crippen LogP contribution in [0.15, 0.2) is 0 Å². The van der Waals surface area contributed by atoms with Gasteiger partial charge in [0.25, 0.3) is 0 Å². The summed E-state index contributed by atoms with van der Waals surface area (Å²) in [5.74, 6) is -2.62. The Morgan fingerprint density at radius 3 is 2.25 bits per heavy atom. The molecule has 0 saturated carbocycles. The summed E-state index contributed by atoms with van der Waals surface area (Å²) in [6.07, 6.45) is 1.36. The van der Waals surface area contributed by atoms with Crippen LogP contribution in [0, 0.1) is 0 Å². The van der Waals surface area contributed by atoms with Crippen LogP contribution in [0.2, 0.25) is 0 Å². The van der Waals surface area contributed by atoms with Crippen molar-refractivity contribution in [2.75, 3.05) is 24.6 Å². The van der Waals surface area contributed by atoms with Crippen molar-refractivity contribution in [3.8, 4) is 0 Å². The van der Waals surface area contributed by atoms with Gasteiger partial charge >= 0.3 is 5.97 Å². The fraction of sp³-hybridized carbons (Fsp3) is 0.778. The number of carbonyl (C=O) groups excluding carboxylic acids is 1. The number of sulfone groups is 1. The monoisotopic (exact) mass is 249 g/mol. The number of amides is 1. The quantitative estimate of drug-likeness (QED) is 0.709. The number of carbonyl (C=O) groups is 2. The molecule has 7 heteroatoms. The Balaban J connectivity index is 2.45. The van der Waals surface area contributed by atoms with Crippen LogP contribution in [0.4, 0.5) is 0 Å². The average molecular weight is 249 g/mol. The highest BCUT2D eigenvalue weighted by atomic mass is 32.2. The number of nitrogens with zero attached hydrogens (tertiary/aromatic N) is 1. The topological polar surface area (TPSA) is 91.7 Å². The van der Waals surface area contributed by atoms with Crippen molar-refractivity contribution in [1.82, 2.24) is 4.90 Å². The molecule has 0 spiro atoms. The Bertz CT molecular complexity index is 369. The molecular weight excluding hydrogens is 234 g/mol. The van der Waals surface area contributed by atoms with Gasteiger partial charge in [0.05, 0.1) is 12.2 Å². The van der Waals surface area contributed by atoms with Crippen molar-refractivity contribution in [1.29, 1.82) is 0 Å². The zero-order valence-corrected chi connectivity index (χ0v) is 9.70. The number of likely N-dealkylation sites (tertiary alicyclic amines) is 1. The van der Waals surface area contributed by atoms with Gasteiger partial charge in [-0.25, -0.2) is 8.42 Å². The number of hydrogen-bond acceptors (Lipinski definition) is 4. The van der Waals surface area contributed by atoms with E-state index in [1.54, 1.807) is 0 Å². The summed E-state index contributed by atoms with van der Waals surface area (Å²) in [7, 11) is -3.59. The van der Waals surface area contributed by atoms with Gasteiger partial charge in [-0.2, -0.15) is 0 Å². The molecule has 0 aromatic rings. The Kier molecular flexibility index (Phi) is 4.28. The Labute approximate surface area is 94.2 Å². The van der Waals surface area contributed by atoms with Crippen molar-refractivity contribution in [3.63, 3.8) is 0 Å². The van der Waals surface area contributed by atoms with Crippen LogP contribution < -0.4 is 0 Å². The molecule has 0 bridgehead atoms. The third-order valence-corrected chi connectivity index (χ3v) is 3.94. The summed E-state index contributed by atoms with van der Waals surface area (Å²) in [6.45, 7) is 1.21. The number of carboxylic acids is 1. The van der Waals surface area contributed by atoms with E-state index < -0.39 is 39.6 Å². The van der Waals surface area contributed by atoms with Gasteiger partial charge in [-0.3, -0.25) is 9.59 Å². The second-order valence-corrected chi connectivity index (χ2v) is 6.01. The van der Waals surface area contributed by atoms with E-state index >= 15 is 0 Å². The van der Waals surface area contributed by atoms with E-state index in [0.717, 1.165) is 12.8 Å². The first-order valence-electron chi connectivity index (χ1n) is 5.11. The molecule has 0 aromatic carbocycles. The maximum atomic E-state index is 11.5. The van der Waals surface area contributed by atoms with Crippen LogP contribution in [0.25, 0.3) is 0 Å². The summed E-state index contributed by atoms with van der Waals surface area (Å²) in [5.41, 5.74) is 0. The lowest BCUT2D eigenvalue weighted by Crippen LogP contribution is -2.34. The van der Waals surface area contributed by atoms with Crippen LogP contribution in [-0.2, 0) is 19.4 Å². The van der Waals surface area contributed by atoms with E-state index in [0.29, 0.717) is 13.1 Å². The standard InChI is InChI=1S/C9H15NO5S/c11-8(10-4-1-2-5-10)7-16(14,15)6-3-9(12)13/h1-7H2,(H,12,13). The van der Waals surface area contributed by atoms with Crippen molar-refractivity contribution >= 4 is 21.7 Å². The lowest BCUT2D eigenvalue weighted by atomic mass is 10.4. The van der Waals surface area contributed by atoms with Crippen LogP contribution in [0.5, 0.6) is 0 Å². The summed E-state index contributed by atoms with van der Waals surface area (Å²) in [5, 5.41) is 8.36. The van der Waals surface area contributed by atoms with Gasteiger partial charge in [0.1, 0.15) is 5.75 Å². The van der Waals surface area contributed by atoms with Gasteiger partial charge in [0.2, 0.25) is 5.91 Å². The predicted octanol–water partition coefficient (Wildman–Crippen LogP) is -0.502. The molecule has 1 heterocycles. The molecule has 0 atom stereocenters. The lowest BCUT2D eigenvalue weighted by Gasteiger charge is -2.14. The van der Waals surface area contributed by atoms with E-state index in [1.807, 2.05) is 0 Å². The zero-order valence-electron chi connectivity index (χ0n) is 8.89. The third-order valence-electron chi connectivity index (χ3n) is 2.43. The van der Waals surface area contributed by atoms with Crippen LogP contribution in [0.3, 0.4) is 0 Å². The minimum Gasteiger partial charge on any atom is -0.481 e. The molecule has 0 radical (unpaired) electrons. The number of aliphatic carboxylic acids is 1. The molecule has 6 nitrogen and oxygen atoms in total. The maximum absolute atomic E-state index is 11.5. The maximum Gasteiger partial charge on any atom is 0.304 e. The molecule has 1 aliphatic rings. The van der Waals surface area contributed by atoms with E-state index in [1.165, 1.54) is 4.90 Å². The highest BCUT2D eigenvalue weighted by Crippen LogP contribution is 2.08. The van der Waals surface area contributed by atoms with Gasteiger partial charge in [-0.15, -0.1) is 0 Å². The first kappa shape index (κ1) is 13.0. The SMILES string of the molecule is O=C(O)CCS(=O)(=O)CC(=O)N1CCCC1. The van der Waals surface area contributed by atoms with E-state index in [-0.39, 0.29) is 0 Å². The van der Waals surface area contributed by atoms with E-state index in [2.05, 4.69) is 0 Å². The van der Waals surface area contributed by atoms with Gasteiger partial charge in [0, 0.05) is 13.1 Å². The molecule has 0 aromatic heterocycles. The molecule has 1 rings (SSSR count). The number of carboxylic acid groups (broad SMARTS) is 1. The molecule has 1 saturated heterocycles. The van der Waals surface area contributed by atoms with E-state index in [4.69, 9.17) is 5.11 Å². The second kappa shape index (κ2) is 5.29. The number of hydrogen-bond donors (Lipinski definition) is 1. The lowest BCUT2D eigenvalue weighted by molar-refractivity contribution is -0.136. The van der Waals surface area contributed by atoms with Crippen molar-refractivity contribution in [2.45, 2.75) is 19.3 Å². The molecule has 1 aliphatic heterocycles. The average Bonchev–Trinajstić information content (AvgIpc) is 2.67. The fourth-order valence-corrected chi connectivity index (χ4v) is 2.75. The van der Waals surface area contributed by atoms with Crippen molar-refractivity contribution in [2.24, 2.45) is 0 Å². The van der Waals surface area contributed by atoms with Gasteiger partial charge in [0.15, 0.2) is 9.84 Å². The molecular formula is C9H15NO5S. The largest absolute Gasteiger partial charge is 0.481 e. The smallest absolute Gasteiger partial charge is 0.304 e. The Hall–Kier alpha value is -1.11. The second-order valence-electron chi connectivity index (χ2n) is 3.82. The van der Waals surface area contributed by atoms with Crippen LogP contribution in [-0.4, -0.2) is 54.9 Å². The molecule has 1 amide bonds. The molecule has 92 valence electrons. The Morgan fingerprint density at radius 2 is 1.75 bits per heavy atom. The summed E-state index contributed by atoms with van der Waals surface area (Å²) in [6, 6.07) is 0. The van der Waals surface area contributed by atoms with Gasteiger partial charge in [-0.1, -0.05) is 0 Å². The zero-order chi connectivity index (χ0) is 12.2. The summed E-state index contributed by atoms with van der Waals surface area (Å²) in [4.78, 5) is 23.2. The molecule has 1 N–H and O–H groups in total. The van der Waals surface area contributed by atoms with Gasteiger partial charge < -0.3 is 10.0 Å². The Morgan fingerprint density at radius 1 is 1.19 bits per heavy atom. The normalized spacial score (nSPS) is 16.4.